The van der Waals surface area contributed by atoms with Gasteiger partial charge in [-0.05, 0) is 62.6 Å². The lowest BCUT2D eigenvalue weighted by Gasteiger charge is -2.10. The van der Waals surface area contributed by atoms with E-state index in [1.54, 1.807) is 7.11 Å². The van der Waals surface area contributed by atoms with Crippen LogP contribution in [0.3, 0.4) is 0 Å². The van der Waals surface area contributed by atoms with Gasteiger partial charge in [-0.1, -0.05) is 42.0 Å². The maximum absolute atomic E-state index is 12.4. The number of carbonyl (C=O) groups is 1. The fourth-order valence-corrected chi connectivity index (χ4v) is 3.96. The number of nitrogens with zero attached hydrogens (tertiary/aromatic N) is 2. The van der Waals surface area contributed by atoms with Gasteiger partial charge in [-0.15, -0.1) is 0 Å². The molecule has 0 radical (unpaired) electrons. The van der Waals surface area contributed by atoms with Crippen LogP contribution in [0.1, 0.15) is 31.5 Å². The Kier molecular flexibility index (Phi) is 6.26. The highest BCUT2D eigenvalue weighted by molar-refractivity contribution is 5.77. The van der Waals surface area contributed by atoms with Crippen LogP contribution in [0.15, 0.2) is 66.9 Å². The van der Waals surface area contributed by atoms with Gasteiger partial charge in [-0.2, -0.15) is 0 Å². The van der Waals surface area contributed by atoms with E-state index in [4.69, 9.17) is 9.72 Å². The zero-order valence-corrected chi connectivity index (χ0v) is 19.1. The van der Waals surface area contributed by atoms with E-state index in [1.165, 1.54) is 5.56 Å². The molecule has 0 spiro atoms. The number of fused-ring (bicyclic) bond motifs is 1. The first-order valence-electron chi connectivity index (χ1n) is 11.0. The molecule has 5 nitrogen and oxygen atoms in total. The van der Waals surface area contributed by atoms with Crippen LogP contribution in [0.25, 0.3) is 28.0 Å². The second kappa shape index (κ2) is 9.27. The summed E-state index contributed by atoms with van der Waals surface area (Å²) >= 11 is 0. The molecule has 2 aromatic heterocycles. The van der Waals surface area contributed by atoms with Crippen molar-refractivity contribution in [1.29, 1.82) is 0 Å². The molecule has 2 heterocycles. The van der Waals surface area contributed by atoms with E-state index in [9.17, 15) is 4.79 Å². The lowest BCUT2D eigenvalue weighted by atomic mass is 10.0. The van der Waals surface area contributed by atoms with Crippen molar-refractivity contribution < 1.29 is 9.53 Å². The minimum atomic E-state index is 0.0429. The van der Waals surface area contributed by atoms with Gasteiger partial charge in [0.05, 0.1) is 18.5 Å². The number of hydrogen-bond donors (Lipinski definition) is 1. The largest absolute Gasteiger partial charge is 0.497 e. The van der Waals surface area contributed by atoms with E-state index in [1.807, 2.05) is 44.2 Å². The lowest BCUT2D eigenvalue weighted by molar-refractivity contribution is -0.121. The highest BCUT2D eigenvalue weighted by atomic mass is 16.5. The summed E-state index contributed by atoms with van der Waals surface area (Å²) in [6.45, 7) is 6.04. The summed E-state index contributed by atoms with van der Waals surface area (Å²) in [4.78, 5) is 17.3. The molecule has 0 aliphatic rings. The van der Waals surface area contributed by atoms with Crippen molar-refractivity contribution in [3.8, 4) is 28.1 Å². The lowest BCUT2D eigenvalue weighted by Crippen LogP contribution is -2.30. The Morgan fingerprint density at radius 3 is 2.56 bits per heavy atom. The van der Waals surface area contributed by atoms with E-state index < -0.39 is 0 Å². The fraction of sp³-hybridized carbons (Fsp3) is 0.259. The van der Waals surface area contributed by atoms with E-state index in [0.717, 1.165) is 39.5 Å². The Hall–Kier alpha value is -3.60. The second-order valence-electron chi connectivity index (χ2n) is 8.38. The standard InChI is InChI=1S/C27H29N3O2/c1-18(2)28-26(31)14-12-24-27(21-9-6-10-23(16-21)32-4)29-25-13-11-22(17-30(24)25)20-8-5-7-19(3)15-20/h5-11,13,15-18H,12,14H2,1-4H3,(H,28,31). The third kappa shape index (κ3) is 4.67. The summed E-state index contributed by atoms with van der Waals surface area (Å²) in [5.74, 6) is 0.824. The number of imidazole rings is 1. The smallest absolute Gasteiger partial charge is 0.220 e. The van der Waals surface area contributed by atoms with Crippen LogP contribution in [0.5, 0.6) is 5.75 Å². The molecule has 4 rings (SSSR count). The molecule has 1 N–H and O–H groups in total. The number of ether oxygens (including phenoxy) is 1. The number of nitrogens with one attached hydrogen (secondary N) is 1. The predicted octanol–water partition coefficient (Wildman–Crippen LogP) is 5.44. The summed E-state index contributed by atoms with van der Waals surface area (Å²) in [5.41, 5.74) is 7.22. The molecule has 1 amide bonds. The van der Waals surface area contributed by atoms with Crippen molar-refractivity contribution in [2.45, 2.75) is 39.7 Å². The Morgan fingerprint density at radius 2 is 1.81 bits per heavy atom. The number of carbonyl (C=O) groups excluding carboxylic acids is 1. The maximum Gasteiger partial charge on any atom is 0.220 e. The molecular formula is C27H29N3O2. The predicted molar refractivity (Wildman–Crippen MR) is 129 cm³/mol. The minimum absolute atomic E-state index is 0.0429. The highest BCUT2D eigenvalue weighted by Crippen LogP contribution is 2.30. The van der Waals surface area contributed by atoms with E-state index in [2.05, 4.69) is 53.2 Å². The van der Waals surface area contributed by atoms with Crippen LogP contribution in [0.2, 0.25) is 0 Å². The molecule has 164 valence electrons. The van der Waals surface area contributed by atoms with Crippen molar-refractivity contribution in [2.75, 3.05) is 7.11 Å². The minimum Gasteiger partial charge on any atom is -0.497 e. The normalized spacial score (nSPS) is 11.2. The number of methoxy groups -OCH3 is 1. The van der Waals surface area contributed by atoms with Crippen LogP contribution in [0, 0.1) is 6.92 Å². The molecule has 0 fully saturated rings. The number of aryl methyl sites for hydroxylation is 2. The van der Waals surface area contributed by atoms with Crippen molar-refractivity contribution in [2.24, 2.45) is 0 Å². The molecule has 2 aromatic carbocycles. The molecule has 0 aliphatic heterocycles. The van der Waals surface area contributed by atoms with E-state index in [-0.39, 0.29) is 11.9 Å². The quantitative estimate of drug-likeness (QED) is 0.427. The Balaban J connectivity index is 1.81. The Labute approximate surface area is 189 Å². The first-order valence-corrected chi connectivity index (χ1v) is 11.0. The van der Waals surface area contributed by atoms with Crippen molar-refractivity contribution in [3.63, 3.8) is 0 Å². The second-order valence-corrected chi connectivity index (χ2v) is 8.38. The van der Waals surface area contributed by atoms with Gasteiger partial charge in [0.15, 0.2) is 0 Å². The zero-order chi connectivity index (χ0) is 22.7. The summed E-state index contributed by atoms with van der Waals surface area (Å²) in [6.07, 6.45) is 3.11. The van der Waals surface area contributed by atoms with Gasteiger partial charge in [0, 0.05) is 24.2 Å². The van der Waals surface area contributed by atoms with Gasteiger partial charge < -0.3 is 14.5 Å². The SMILES string of the molecule is COc1cccc(-c2nc3ccc(-c4cccc(C)c4)cn3c2CCC(=O)NC(C)C)c1. The van der Waals surface area contributed by atoms with Crippen LogP contribution < -0.4 is 10.1 Å². The number of amides is 1. The van der Waals surface area contributed by atoms with Gasteiger partial charge in [-0.25, -0.2) is 4.98 Å². The fourth-order valence-electron chi connectivity index (χ4n) is 3.96. The molecular weight excluding hydrogens is 398 g/mol. The average molecular weight is 428 g/mol. The Morgan fingerprint density at radius 1 is 1.03 bits per heavy atom. The van der Waals surface area contributed by atoms with E-state index in [0.29, 0.717) is 12.8 Å². The molecule has 0 atom stereocenters. The van der Waals surface area contributed by atoms with Gasteiger partial charge in [0.1, 0.15) is 11.4 Å². The van der Waals surface area contributed by atoms with Gasteiger partial charge in [0.2, 0.25) is 5.91 Å². The molecule has 0 bridgehead atoms. The maximum atomic E-state index is 12.4. The van der Waals surface area contributed by atoms with E-state index >= 15 is 0 Å². The van der Waals surface area contributed by atoms with Crippen molar-refractivity contribution in [1.82, 2.24) is 14.7 Å². The molecule has 0 saturated heterocycles. The monoisotopic (exact) mass is 427 g/mol. The average Bonchev–Trinajstić information content (AvgIpc) is 3.15. The number of aromatic nitrogens is 2. The molecule has 4 aromatic rings. The van der Waals surface area contributed by atoms with Crippen molar-refractivity contribution >= 4 is 11.6 Å². The van der Waals surface area contributed by atoms with Crippen LogP contribution in [-0.2, 0) is 11.2 Å². The summed E-state index contributed by atoms with van der Waals surface area (Å²) in [5, 5.41) is 2.99. The van der Waals surface area contributed by atoms with Gasteiger partial charge in [-0.3, -0.25) is 4.79 Å². The molecule has 5 heteroatoms. The Bertz CT molecular complexity index is 1260. The van der Waals surface area contributed by atoms with Crippen LogP contribution in [0.4, 0.5) is 0 Å². The number of benzene rings is 2. The third-order valence-corrected chi connectivity index (χ3v) is 5.45. The third-order valence-electron chi connectivity index (χ3n) is 5.45. The van der Waals surface area contributed by atoms with Crippen LogP contribution >= 0.6 is 0 Å². The van der Waals surface area contributed by atoms with Gasteiger partial charge >= 0.3 is 0 Å². The summed E-state index contributed by atoms with van der Waals surface area (Å²) in [6, 6.07) is 20.6. The number of rotatable bonds is 7. The first kappa shape index (κ1) is 21.6. The number of hydrogen-bond acceptors (Lipinski definition) is 3. The topological polar surface area (TPSA) is 55.6 Å². The molecule has 0 aliphatic carbocycles. The zero-order valence-electron chi connectivity index (χ0n) is 19.1. The molecule has 0 unspecified atom stereocenters. The summed E-state index contributed by atoms with van der Waals surface area (Å²) in [7, 11) is 1.66. The van der Waals surface area contributed by atoms with Crippen LogP contribution in [-0.4, -0.2) is 28.4 Å². The summed E-state index contributed by atoms with van der Waals surface area (Å²) < 4.78 is 7.54. The van der Waals surface area contributed by atoms with Gasteiger partial charge in [0.25, 0.3) is 0 Å². The highest BCUT2D eigenvalue weighted by Gasteiger charge is 2.17. The molecule has 32 heavy (non-hydrogen) atoms. The first-order chi connectivity index (χ1) is 15.4. The number of pyridine rings is 1. The van der Waals surface area contributed by atoms with Crippen molar-refractivity contribution in [3.05, 3.63) is 78.1 Å². The molecule has 0 saturated carbocycles.